The van der Waals surface area contributed by atoms with Gasteiger partial charge in [0.1, 0.15) is 23.6 Å². The number of rotatable bonds is 6. The number of nitrogens with two attached hydrogens (primary N) is 1. The third kappa shape index (κ3) is 3.43. The molecule has 0 spiro atoms. The van der Waals surface area contributed by atoms with E-state index in [0.717, 1.165) is 0 Å². The van der Waals surface area contributed by atoms with Crippen molar-refractivity contribution in [1.82, 2.24) is 15.0 Å². The summed E-state index contributed by atoms with van der Waals surface area (Å²) in [5.41, 5.74) is 7.71. The Morgan fingerprint density at radius 3 is 2.92 bits per heavy atom. The van der Waals surface area contributed by atoms with Gasteiger partial charge in [0.05, 0.1) is 18.8 Å². The molecule has 0 saturated heterocycles. The minimum atomic E-state index is -0.379. The van der Waals surface area contributed by atoms with Crippen LogP contribution in [-0.2, 0) is 6.54 Å². The van der Waals surface area contributed by atoms with Crippen LogP contribution in [0.15, 0.2) is 41.5 Å². The van der Waals surface area contributed by atoms with Gasteiger partial charge in [-0.25, -0.2) is 14.4 Å². The zero-order chi connectivity index (χ0) is 16.9. The van der Waals surface area contributed by atoms with Crippen LogP contribution in [-0.4, -0.2) is 21.6 Å². The first-order chi connectivity index (χ1) is 11.7. The Labute approximate surface area is 137 Å². The highest BCUT2D eigenvalue weighted by Crippen LogP contribution is 2.34. The third-order valence-electron chi connectivity index (χ3n) is 3.26. The first kappa shape index (κ1) is 15.7. The summed E-state index contributed by atoms with van der Waals surface area (Å²) >= 11 is 0. The van der Waals surface area contributed by atoms with Crippen LogP contribution in [0.5, 0.6) is 5.75 Å². The number of nitrogen functional groups attached to an aromatic ring is 1. The molecule has 3 aromatic rings. The largest absolute Gasteiger partial charge is 0.493 e. The quantitative estimate of drug-likeness (QED) is 0.717. The molecule has 7 nitrogen and oxygen atoms in total. The Morgan fingerprint density at radius 1 is 1.29 bits per heavy atom. The normalized spacial score (nSPS) is 10.6. The molecule has 0 aliphatic rings. The Morgan fingerprint density at radius 2 is 2.17 bits per heavy atom. The Balaban J connectivity index is 1.98. The van der Waals surface area contributed by atoms with Crippen LogP contribution in [0.3, 0.4) is 0 Å². The summed E-state index contributed by atoms with van der Waals surface area (Å²) in [4.78, 5) is 12.3. The Bertz CT molecular complexity index is 823. The van der Waals surface area contributed by atoms with Crippen molar-refractivity contribution in [3.8, 4) is 16.9 Å². The van der Waals surface area contributed by atoms with E-state index >= 15 is 0 Å². The van der Waals surface area contributed by atoms with Gasteiger partial charge in [-0.05, 0) is 19.1 Å². The number of oxazole rings is 1. The molecule has 3 N–H and O–H groups in total. The van der Waals surface area contributed by atoms with E-state index in [1.807, 2.05) is 6.92 Å². The number of anilines is 2. The van der Waals surface area contributed by atoms with Gasteiger partial charge in [-0.1, -0.05) is 0 Å². The molecule has 0 fully saturated rings. The highest BCUT2D eigenvalue weighted by atomic mass is 19.1. The smallest absolute Gasteiger partial charge is 0.221 e. The molecule has 3 rings (SSSR count). The lowest BCUT2D eigenvalue weighted by Gasteiger charge is -2.14. The number of aromatic nitrogens is 3. The molecule has 0 aliphatic heterocycles. The maximum Gasteiger partial charge on any atom is 0.221 e. The Kier molecular flexibility index (Phi) is 4.55. The average Bonchev–Trinajstić information content (AvgIpc) is 3.08. The van der Waals surface area contributed by atoms with Crippen molar-refractivity contribution < 1.29 is 13.5 Å². The fourth-order valence-electron chi connectivity index (χ4n) is 2.22. The second-order valence-corrected chi connectivity index (χ2v) is 4.90. The molecular formula is C16H16FN5O2. The summed E-state index contributed by atoms with van der Waals surface area (Å²) < 4.78 is 24.0. The molecule has 24 heavy (non-hydrogen) atoms. The molecule has 0 atom stereocenters. The predicted molar refractivity (Wildman–Crippen MR) is 86.8 cm³/mol. The van der Waals surface area contributed by atoms with Gasteiger partial charge in [0.15, 0.2) is 6.39 Å². The molecule has 0 aliphatic carbocycles. The number of nitrogens with one attached hydrogen (secondary N) is 1. The fourth-order valence-corrected chi connectivity index (χ4v) is 2.22. The molecule has 0 bridgehead atoms. The van der Waals surface area contributed by atoms with Crippen molar-refractivity contribution in [3.05, 3.63) is 48.6 Å². The topological polar surface area (TPSA) is 99.1 Å². The second-order valence-electron chi connectivity index (χ2n) is 4.90. The van der Waals surface area contributed by atoms with E-state index in [4.69, 9.17) is 14.9 Å². The van der Waals surface area contributed by atoms with Gasteiger partial charge in [-0.2, -0.15) is 4.98 Å². The summed E-state index contributed by atoms with van der Waals surface area (Å²) in [5.74, 6) is 0.658. The first-order valence-electron chi connectivity index (χ1n) is 7.33. The summed E-state index contributed by atoms with van der Waals surface area (Å²) in [7, 11) is 0. The van der Waals surface area contributed by atoms with E-state index in [1.54, 1.807) is 12.3 Å². The molecule has 124 valence electrons. The summed E-state index contributed by atoms with van der Waals surface area (Å²) in [6, 6.07) is 4.31. The van der Waals surface area contributed by atoms with Crippen LogP contribution in [0, 0.1) is 5.82 Å². The van der Waals surface area contributed by atoms with Crippen LogP contribution in [0.4, 0.5) is 16.2 Å². The lowest BCUT2D eigenvalue weighted by Crippen LogP contribution is -2.07. The van der Waals surface area contributed by atoms with E-state index in [2.05, 4.69) is 20.3 Å². The fraction of sp³-hybridized carbons (Fsp3) is 0.188. The van der Waals surface area contributed by atoms with Crippen LogP contribution < -0.4 is 15.8 Å². The van der Waals surface area contributed by atoms with Crippen LogP contribution in [0.2, 0.25) is 0 Å². The monoisotopic (exact) mass is 329 g/mol. The molecule has 0 saturated carbocycles. The average molecular weight is 329 g/mol. The number of benzene rings is 1. The standard InChI is InChI=1S/C16H16FN5O2/c1-2-24-14-5-10(17)3-4-12(14)13-7-20-16(18)22-15(13)19-6-11-8-23-9-21-11/h3-5,7-9H,2,6H2,1H3,(H3,18,19,20,22). The predicted octanol–water partition coefficient (Wildman–Crippen LogP) is 2.86. The number of nitrogens with zero attached hydrogens (tertiary/aromatic N) is 3. The summed E-state index contributed by atoms with van der Waals surface area (Å²) in [5, 5.41) is 3.14. The maximum atomic E-state index is 13.5. The molecule has 0 amide bonds. The van der Waals surface area contributed by atoms with Crippen LogP contribution >= 0.6 is 0 Å². The SMILES string of the molecule is CCOc1cc(F)ccc1-c1cnc(N)nc1NCc1cocn1. The zero-order valence-electron chi connectivity index (χ0n) is 13.0. The van der Waals surface area contributed by atoms with E-state index in [-0.39, 0.29) is 11.8 Å². The molecule has 8 heteroatoms. The van der Waals surface area contributed by atoms with E-state index in [0.29, 0.717) is 41.5 Å². The van der Waals surface area contributed by atoms with Gasteiger partial charge in [-0.15, -0.1) is 0 Å². The van der Waals surface area contributed by atoms with Gasteiger partial charge in [-0.3, -0.25) is 0 Å². The van der Waals surface area contributed by atoms with Gasteiger partial charge >= 0.3 is 0 Å². The van der Waals surface area contributed by atoms with E-state index in [1.165, 1.54) is 24.8 Å². The third-order valence-corrected chi connectivity index (χ3v) is 3.26. The van der Waals surface area contributed by atoms with Gasteiger partial charge < -0.3 is 20.2 Å². The molecule has 0 radical (unpaired) electrons. The molecule has 0 unspecified atom stereocenters. The summed E-state index contributed by atoms with van der Waals surface area (Å²) in [6.45, 7) is 2.64. The summed E-state index contributed by atoms with van der Waals surface area (Å²) in [6.07, 6.45) is 4.45. The lowest BCUT2D eigenvalue weighted by molar-refractivity contribution is 0.339. The van der Waals surface area contributed by atoms with Gasteiger partial charge in [0.2, 0.25) is 5.95 Å². The van der Waals surface area contributed by atoms with Crippen molar-refractivity contribution in [2.24, 2.45) is 0 Å². The maximum absolute atomic E-state index is 13.5. The second kappa shape index (κ2) is 6.95. The molecular weight excluding hydrogens is 313 g/mol. The van der Waals surface area contributed by atoms with Crippen molar-refractivity contribution in [2.75, 3.05) is 17.7 Å². The van der Waals surface area contributed by atoms with Crippen LogP contribution in [0.25, 0.3) is 11.1 Å². The highest BCUT2D eigenvalue weighted by molar-refractivity contribution is 5.79. The van der Waals surface area contributed by atoms with Crippen molar-refractivity contribution in [2.45, 2.75) is 13.5 Å². The number of halogens is 1. The lowest BCUT2D eigenvalue weighted by atomic mass is 10.1. The van der Waals surface area contributed by atoms with Crippen molar-refractivity contribution in [1.29, 1.82) is 0 Å². The van der Waals surface area contributed by atoms with Crippen LogP contribution in [0.1, 0.15) is 12.6 Å². The minimum Gasteiger partial charge on any atom is -0.493 e. The molecule has 2 heterocycles. The molecule has 1 aromatic carbocycles. The first-order valence-corrected chi connectivity index (χ1v) is 7.33. The number of hydrogen-bond donors (Lipinski definition) is 2. The van der Waals surface area contributed by atoms with E-state index < -0.39 is 0 Å². The van der Waals surface area contributed by atoms with Crippen molar-refractivity contribution >= 4 is 11.8 Å². The van der Waals surface area contributed by atoms with Crippen molar-refractivity contribution in [3.63, 3.8) is 0 Å². The zero-order valence-corrected chi connectivity index (χ0v) is 13.0. The van der Waals surface area contributed by atoms with E-state index in [9.17, 15) is 4.39 Å². The molecule has 2 aromatic heterocycles. The highest BCUT2D eigenvalue weighted by Gasteiger charge is 2.14. The minimum absolute atomic E-state index is 0.126. The number of ether oxygens (including phenoxy) is 1. The van der Waals surface area contributed by atoms with Gasteiger partial charge in [0.25, 0.3) is 0 Å². The number of hydrogen-bond acceptors (Lipinski definition) is 7. The van der Waals surface area contributed by atoms with Gasteiger partial charge in [0, 0.05) is 23.4 Å². The Hall–Kier alpha value is -3.16.